The fraction of sp³-hybridized carbons (Fsp3) is 0.231. The van der Waals surface area contributed by atoms with Crippen LogP contribution < -0.4 is 10.1 Å². The Morgan fingerprint density at radius 2 is 1.82 bits per heavy atom. The summed E-state index contributed by atoms with van der Waals surface area (Å²) in [6.45, 7) is -0.387. The Labute approximate surface area is 200 Å². The van der Waals surface area contributed by atoms with Crippen LogP contribution in [-0.4, -0.2) is 35.6 Å². The van der Waals surface area contributed by atoms with E-state index in [-0.39, 0.29) is 6.61 Å². The second-order valence-corrected chi connectivity index (χ2v) is 8.89. The van der Waals surface area contributed by atoms with Gasteiger partial charge in [-0.15, -0.1) is 11.3 Å². The fourth-order valence-electron chi connectivity index (χ4n) is 4.19. The summed E-state index contributed by atoms with van der Waals surface area (Å²) in [6.07, 6.45) is 3.70. The molecule has 1 aliphatic rings. The quantitative estimate of drug-likeness (QED) is 0.395. The van der Waals surface area contributed by atoms with E-state index in [4.69, 9.17) is 14.5 Å². The van der Waals surface area contributed by atoms with Crippen molar-refractivity contribution in [2.75, 3.05) is 19.0 Å². The Balaban J connectivity index is 1.27. The lowest BCUT2D eigenvalue weighted by Gasteiger charge is -2.19. The second kappa shape index (κ2) is 9.61. The van der Waals surface area contributed by atoms with Crippen LogP contribution in [0.3, 0.4) is 0 Å². The second-order valence-electron chi connectivity index (χ2n) is 8.03. The number of aromatic nitrogens is 2. The molecule has 1 aliphatic carbocycles. The molecule has 4 aromatic rings. The maximum atomic E-state index is 13.1. The van der Waals surface area contributed by atoms with Crippen LogP contribution in [0.1, 0.15) is 34.5 Å². The predicted octanol–water partition coefficient (Wildman–Crippen LogP) is 5.04. The lowest BCUT2D eigenvalue weighted by molar-refractivity contribution is -0.119. The van der Waals surface area contributed by atoms with Crippen LogP contribution in [-0.2, 0) is 22.4 Å². The van der Waals surface area contributed by atoms with E-state index in [1.807, 2.05) is 53.9 Å². The van der Waals surface area contributed by atoms with Crippen molar-refractivity contribution < 1.29 is 19.1 Å². The number of ether oxygens (including phenoxy) is 2. The maximum Gasteiger partial charge on any atom is 0.339 e. The number of para-hydroxylation sites is 1. The first-order chi connectivity index (χ1) is 16.6. The molecule has 0 bridgehead atoms. The molecule has 0 radical (unpaired) electrons. The predicted molar refractivity (Wildman–Crippen MR) is 131 cm³/mol. The lowest BCUT2D eigenvalue weighted by Crippen LogP contribution is -2.22. The van der Waals surface area contributed by atoms with Gasteiger partial charge in [-0.25, -0.2) is 9.78 Å². The molecule has 7 nitrogen and oxygen atoms in total. The summed E-state index contributed by atoms with van der Waals surface area (Å²) < 4.78 is 10.6. The number of nitrogens with one attached hydrogen (secondary N) is 1. The molecule has 0 aliphatic heterocycles. The van der Waals surface area contributed by atoms with E-state index in [2.05, 4.69) is 10.3 Å². The number of anilines is 1. The smallest absolute Gasteiger partial charge is 0.339 e. The average Bonchev–Trinajstić information content (AvgIpc) is 3.34. The summed E-state index contributed by atoms with van der Waals surface area (Å²) in [7, 11) is 1.62. The van der Waals surface area contributed by atoms with Gasteiger partial charge in [0.2, 0.25) is 0 Å². The Morgan fingerprint density at radius 1 is 1.03 bits per heavy atom. The van der Waals surface area contributed by atoms with Gasteiger partial charge < -0.3 is 9.47 Å². The first-order valence-electron chi connectivity index (χ1n) is 11.1. The zero-order chi connectivity index (χ0) is 23.5. The Hall–Kier alpha value is -3.78. The highest BCUT2D eigenvalue weighted by Gasteiger charge is 2.24. The molecule has 0 spiro atoms. The first-order valence-corrected chi connectivity index (χ1v) is 12.0. The van der Waals surface area contributed by atoms with Crippen LogP contribution in [0.2, 0.25) is 0 Å². The summed E-state index contributed by atoms with van der Waals surface area (Å²) in [4.78, 5) is 34.8. The van der Waals surface area contributed by atoms with Crippen molar-refractivity contribution in [2.24, 2.45) is 0 Å². The number of benzene rings is 2. The average molecular weight is 474 g/mol. The number of hydrogen-bond acceptors (Lipinski definition) is 7. The van der Waals surface area contributed by atoms with Gasteiger partial charge in [0.15, 0.2) is 11.7 Å². The van der Waals surface area contributed by atoms with Crippen LogP contribution in [0.4, 0.5) is 5.13 Å². The van der Waals surface area contributed by atoms with E-state index in [0.29, 0.717) is 10.7 Å². The molecule has 0 unspecified atom stereocenters. The lowest BCUT2D eigenvalue weighted by atomic mass is 9.90. The van der Waals surface area contributed by atoms with Crippen molar-refractivity contribution in [3.05, 3.63) is 70.7 Å². The number of carbonyl (C=O) groups excluding carboxylic acids is 2. The van der Waals surface area contributed by atoms with Crippen molar-refractivity contribution in [2.45, 2.75) is 25.7 Å². The highest BCUT2D eigenvalue weighted by molar-refractivity contribution is 7.14. The van der Waals surface area contributed by atoms with E-state index in [1.54, 1.807) is 7.11 Å². The zero-order valence-electron chi connectivity index (χ0n) is 18.7. The molecular formula is C26H23N3O4S. The van der Waals surface area contributed by atoms with Gasteiger partial charge >= 0.3 is 5.97 Å². The number of pyridine rings is 1. The molecule has 0 fully saturated rings. The maximum absolute atomic E-state index is 13.1. The van der Waals surface area contributed by atoms with E-state index >= 15 is 0 Å². The number of carbonyl (C=O) groups is 2. The third-order valence-electron chi connectivity index (χ3n) is 5.84. The van der Waals surface area contributed by atoms with Gasteiger partial charge in [-0.3, -0.25) is 15.1 Å². The van der Waals surface area contributed by atoms with Crippen LogP contribution in [0.15, 0.2) is 53.9 Å². The molecule has 34 heavy (non-hydrogen) atoms. The third kappa shape index (κ3) is 4.49. The van der Waals surface area contributed by atoms with Gasteiger partial charge in [-0.05, 0) is 61.6 Å². The topological polar surface area (TPSA) is 90.4 Å². The highest BCUT2D eigenvalue weighted by Crippen LogP contribution is 2.30. The number of esters is 1. The van der Waals surface area contributed by atoms with Crippen LogP contribution in [0, 0.1) is 0 Å². The van der Waals surface area contributed by atoms with Crippen molar-refractivity contribution in [3.8, 4) is 17.0 Å². The van der Waals surface area contributed by atoms with Crippen molar-refractivity contribution in [1.29, 1.82) is 0 Å². The number of hydrogen-bond donors (Lipinski definition) is 1. The van der Waals surface area contributed by atoms with Crippen LogP contribution in [0.5, 0.6) is 5.75 Å². The monoisotopic (exact) mass is 473 g/mol. The number of amides is 1. The normalized spacial score (nSPS) is 12.7. The minimum Gasteiger partial charge on any atom is -0.497 e. The molecule has 0 saturated carbocycles. The molecule has 0 atom stereocenters. The molecule has 2 heterocycles. The zero-order valence-corrected chi connectivity index (χ0v) is 19.5. The van der Waals surface area contributed by atoms with Gasteiger partial charge in [0.1, 0.15) is 5.75 Å². The van der Waals surface area contributed by atoms with Crippen LogP contribution in [0.25, 0.3) is 22.2 Å². The SMILES string of the molecule is COc1ccc(-c2csc(NC(=O)COC(=O)c3c4c(nc5ccccc35)CCCC4)n2)cc1. The molecule has 172 valence electrons. The first kappa shape index (κ1) is 22.0. The standard InChI is InChI=1S/C26H23N3O4S/c1-32-17-12-10-16(11-13-17)22-15-34-26(28-22)29-23(30)14-33-25(31)24-18-6-2-4-8-20(18)27-21-9-5-3-7-19(21)24/h2,4,6,8,10-13,15H,3,5,7,9,14H2,1H3,(H,28,29,30). The molecule has 1 amide bonds. The van der Waals surface area contributed by atoms with Crippen LogP contribution >= 0.6 is 11.3 Å². The number of methoxy groups -OCH3 is 1. The minimum atomic E-state index is -0.495. The van der Waals surface area contributed by atoms with Gasteiger partial charge in [0, 0.05) is 22.0 Å². The number of rotatable bonds is 6. The van der Waals surface area contributed by atoms with E-state index in [0.717, 1.165) is 64.9 Å². The molecule has 5 rings (SSSR count). The largest absolute Gasteiger partial charge is 0.497 e. The number of fused-ring (bicyclic) bond motifs is 2. The summed E-state index contributed by atoms with van der Waals surface area (Å²) in [6, 6.07) is 15.1. The van der Waals surface area contributed by atoms with Crippen molar-refractivity contribution in [3.63, 3.8) is 0 Å². The van der Waals surface area contributed by atoms with Crippen molar-refractivity contribution >= 4 is 39.2 Å². The Bertz CT molecular complexity index is 1360. The molecular weight excluding hydrogens is 450 g/mol. The Morgan fingerprint density at radius 3 is 2.65 bits per heavy atom. The molecule has 1 N–H and O–H groups in total. The summed E-state index contributed by atoms with van der Waals surface area (Å²) >= 11 is 1.31. The van der Waals surface area contributed by atoms with E-state index < -0.39 is 11.9 Å². The van der Waals surface area contributed by atoms with Gasteiger partial charge in [-0.1, -0.05) is 18.2 Å². The number of thiazole rings is 1. The van der Waals surface area contributed by atoms with Gasteiger partial charge in [0.05, 0.1) is 23.9 Å². The molecule has 2 aromatic carbocycles. The van der Waals surface area contributed by atoms with E-state index in [9.17, 15) is 9.59 Å². The molecule has 8 heteroatoms. The highest BCUT2D eigenvalue weighted by atomic mass is 32.1. The summed E-state index contributed by atoms with van der Waals surface area (Å²) in [5.41, 5.74) is 4.86. The van der Waals surface area contributed by atoms with Gasteiger partial charge in [0.25, 0.3) is 5.91 Å². The van der Waals surface area contributed by atoms with Crippen molar-refractivity contribution in [1.82, 2.24) is 9.97 Å². The third-order valence-corrected chi connectivity index (χ3v) is 6.60. The summed E-state index contributed by atoms with van der Waals surface area (Å²) in [5, 5.41) is 5.78. The number of nitrogens with zero attached hydrogens (tertiary/aromatic N) is 2. The van der Waals surface area contributed by atoms with E-state index in [1.165, 1.54) is 11.3 Å². The summed E-state index contributed by atoms with van der Waals surface area (Å²) in [5.74, 6) is -0.168. The fourth-order valence-corrected chi connectivity index (χ4v) is 4.93. The minimum absolute atomic E-state index is 0.387. The molecule has 0 saturated heterocycles. The number of aryl methyl sites for hydroxylation is 1. The molecule has 2 aromatic heterocycles. The van der Waals surface area contributed by atoms with Gasteiger partial charge in [-0.2, -0.15) is 0 Å². The Kier molecular flexibility index (Phi) is 6.22.